The van der Waals surface area contributed by atoms with E-state index in [1.165, 1.54) is 6.92 Å². The molecule has 0 aliphatic carbocycles. The zero-order valence-corrected chi connectivity index (χ0v) is 13.3. The largest absolute Gasteiger partial charge is 0.365 e. The minimum absolute atomic E-state index is 0.117. The van der Waals surface area contributed by atoms with E-state index in [4.69, 9.17) is 17.3 Å². The maximum Gasteiger partial charge on any atom is 0.254 e. The molecule has 1 aromatic heterocycles. The Morgan fingerprint density at radius 2 is 2.22 bits per heavy atom. The summed E-state index contributed by atoms with van der Waals surface area (Å²) in [4.78, 5) is 17.9. The molecule has 1 amide bonds. The van der Waals surface area contributed by atoms with Gasteiger partial charge in [-0.3, -0.25) is 4.79 Å². The molecule has 4 nitrogen and oxygen atoms in total. The van der Waals surface area contributed by atoms with Gasteiger partial charge in [-0.05, 0) is 18.2 Å². The lowest BCUT2D eigenvalue weighted by Crippen LogP contribution is -2.46. The van der Waals surface area contributed by atoms with Crippen LogP contribution in [-0.2, 0) is 0 Å². The normalized spacial score (nSPS) is 20.7. The number of halogens is 3. The summed E-state index contributed by atoms with van der Waals surface area (Å²) >= 11 is 6.13. The second kappa shape index (κ2) is 5.60. The van der Waals surface area contributed by atoms with Gasteiger partial charge in [-0.1, -0.05) is 24.6 Å². The Bertz CT molecular complexity index is 781. The molecular formula is C16H16ClF2N3O. The lowest BCUT2D eigenvalue weighted by molar-refractivity contribution is -0.0652. The van der Waals surface area contributed by atoms with Gasteiger partial charge in [0.05, 0.1) is 11.1 Å². The predicted molar refractivity (Wildman–Crippen MR) is 86.2 cm³/mol. The number of primary amides is 1. The molecule has 0 spiro atoms. The Morgan fingerprint density at radius 3 is 2.87 bits per heavy atom. The molecule has 23 heavy (non-hydrogen) atoms. The van der Waals surface area contributed by atoms with Gasteiger partial charge in [0.1, 0.15) is 5.82 Å². The van der Waals surface area contributed by atoms with Gasteiger partial charge in [0.25, 0.3) is 11.8 Å². The molecule has 2 N–H and O–H groups in total. The molecule has 1 aliphatic rings. The molecule has 3 rings (SSSR count). The average molecular weight is 340 g/mol. The van der Waals surface area contributed by atoms with Gasteiger partial charge < -0.3 is 10.6 Å². The predicted octanol–water partition coefficient (Wildman–Crippen LogP) is 3.47. The van der Waals surface area contributed by atoms with Crippen LogP contribution in [0.1, 0.15) is 23.7 Å². The molecule has 2 heterocycles. The summed E-state index contributed by atoms with van der Waals surface area (Å²) in [6.07, 6.45) is -0.276. The van der Waals surface area contributed by atoms with Gasteiger partial charge in [-0.2, -0.15) is 0 Å². The minimum Gasteiger partial charge on any atom is -0.365 e. The number of piperidine rings is 1. The lowest BCUT2D eigenvalue weighted by Gasteiger charge is -2.37. The SMILES string of the molecule is CC1CN(c2nc3cccc(Cl)c3cc2C(N)=O)CCC1(F)F. The average Bonchev–Trinajstić information content (AvgIpc) is 2.49. The summed E-state index contributed by atoms with van der Waals surface area (Å²) in [6, 6.07) is 6.79. The van der Waals surface area contributed by atoms with Crippen molar-refractivity contribution in [1.82, 2.24) is 4.98 Å². The number of hydrogen-bond donors (Lipinski definition) is 1. The number of anilines is 1. The first-order chi connectivity index (χ1) is 10.8. The molecule has 1 fully saturated rings. The molecule has 1 aromatic carbocycles. The fraction of sp³-hybridized carbons (Fsp3) is 0.375. The third kappa shape index (κ3) is 2.83. The van der Waals surface area contributed by atoms with Crippen LogP contribution in [-0.4, -0.2) is 29.9 Å². The number of nitrogens with two attached hydrogens (primary N) is 1. The third-order valence-corrected chi connectivity index (χ3v) is 4.61. The van der Waals surface area contributed by atoms with Gasteiger partial charge in [-0.15, -0.1) is 0 Å². The zero-order valence-electron chi connectivity index (χ0n) is 12.5. The van der Waals surface area contributed by atoms with Crippen molar-refractivity contribution in [1.29, 1.82) is 0 Å². The maximum atomic E-state index is 13.7. The van der Waals surface area contributed by atoms with Crippen molar-refractivity contribution in [3.8, 4) is 0 Å². The second-order valence-corrected chi connectivity index (χ2v) is 6.30. The zero-order chi connectivity index (χ0) is 16.8. The Kier molecular flexibility index (Phi) is 3.88. The number of rotatable bonds is 2. The monoisotopic (exact) mass is 339 g/mol. The van der Waals surface area contributed by atoms with Crippen LogP contribution < -0.4 is 10.6 Å². The molecule has 7 heteroatoms. The van der Waals surface area contributed by atoms with Gasteiger partial charge >= 0.3 is 0 Å². The highest BCUT2D eigenvalue weighted by atomic mass is 35.5. The first kappa shape index (κ1) is 15.9. The standard InChI is InChI=1S/C16H16ClF2N3O/c1-9-8-22(6-5-16(9,18)19)15-11(14(20)23)7-10-12(17)3-2-4-13(10)21-15/h2-4,7,9H,5-6,8H2,1H3,(H2,20,23). The molecule has 0 radical (unpaired) electrons. The van der Waals surface area contributed by atoms with Crippen LogP contribution in [0.25, 0.3) is 10.9 Å². The van der Waals surface area contributed by atoms with E-state index in [9.17, 15) is 13.6 Å². The van der Waals surface area contributed by atoms with Crippen LogP contribution in [0.4, 0.5) is 14.6 Å². The number of alkyl halides is 2. The van der Waals surface area contributed by atoms with E-state index in [0.717, 1.165) is 0 Å². The van der Waals surface area contributed by atoms with Crippen molar-refractivity contribution in [2.75, 3.05) is 18.0 Å². The molecule has 2 aromatic rings. The highest BCUT2D eigenvalue weighted by Crippen LogP contribution is 2.36. The molecular weight excluding hydrogens is 324 g/mol. The molecule has 122 valence electrons. The number of hydrogen-bond acceptors (Lipinski definition) is 3. The van der Waals surface area contributed by atoms with E-state index in [2.05, 4.69) is 4.98 Å². The Balaban J connectivity index is 2.09. The summed E-state index contributed by atoms with van der Waals surface area (Å²) in [5, 5.41) is 1.07. The number of aromatic nitrogens is 1. The topological polar surface area (TPSA) is 59.2 Å². The minimum atomic E-state index is -2.70. The summed E-state index contributed by atoms with van der Waals surface area (Å²) < 4.78 is 27.4. The van der Waals surface area contributed by atoms with E-state index in [1.807, 2.05) is 0 Å². The summed E-state index contributed by atoms with van der Waals surface area (Å²) in [5.41, 5.74) is 6.25. The number of carbonyl (C=O) groups excluding carboxylic acids is 1. The van der Waals surface area contributed by atoms with Crippen molar-refractivity contribution in [2.45, 2.75) is 19.3 Å². The number of nitrogens with zero attached hydrogens (tertiary/aromatic N) is 2. The van der Waals surface area contributed by atoms with Crippen molar-refractivity contribution >= 4 is 34.2 Å². The summed E-state index contributed by atoms with van der Waals surface area (Å²) in [7, 11) is 0. The Morgan fingerprint density at radius 1 is 1.48 bits per heavy atom. The molecule has 1 atom stereocenters. The second-order valence-electron chi connectivity index (χ2n) is 5.89. The summed E-state index contributed by atoms with van der Waals surface area (Å²) in [5.74, 6) is -3.84. The molecule has 0 bridgehead atoms. The first-order valence-electron chi connectivity index (χ1n) is 7.31. The van der Waals surface area contributed by atoms with Crippen LogP contribution in [0.2, 0.25) is 5.02 Å². The van der Waals surface area contributed by atoms with E-state index in [0.29, 0.717) is 21.7 Å². The van der Waals surface area contributed by atoms with Crippen LogP contribution >= 0.6 is 11.6 Å². The van der Waals surface area contributed by atoms with Crippen LogP contribution in [0, 0.1) is 5.92 Å². The van der Waals surface area contributed by atoms with Crippen LogP contribution in [0.5, 0.6) is 0 Å². The smallest absolute Gasteiger partial charge is 0.254 e. The number of pyridine rings is 1. The van der Waals surface area contributed by atoms with E-state index >= 15 is 0 Å². The summed E-state index contributed by atoms with van der Waals surface area (Å²) in [6.45, 7) is 1.73. The van der Waals surface area contributed by atoms with Crippen LogP contribution in [0.15, 0.2) is 24.3 Å². The van der Waals surface area contributed by atoms with Crippen molar-refractivity contribution in [3.05, 3.63) is 34.9 Å². The fourth-order valence-electron chi connectivity index (χ4n) is 2.85. The van der Waals surface area contributed by atoms with Gasteiger partial charge in [0.2, 0.25) is 0 Å². The fourth-order valence-corrected chi connectivity index (χ4v) is 3.07. The number of amides is 1. The van der Waals surface area contributed by atoms with Crippen molar-refractivity contribution in [3.63, 3.8) is 0 Å². The number of carbonyl (C=O) groups is 1. The van der Waals surface area contributed by atoms with Crippen molar-refractivity contribution < 1.29 is 13.6 Å². The van der Waals surface area contributed by atoms with E-state index < -0.39 is 17.7 Å². The quantitative estimate of drug-likeness (QED) is 0.911. The maximum absolute atomic E-state index is 13.7. The van der Waals surface area contributed by atoms with Gasteiger partial charge in [-0.25, -0.2) is 13.8 Å². The Labute approximate surface area is 137 Å². The number of fused-ring (bicyclic) bond motifs is 1. The van der Waals surface area contributed by atoms with Crippen LogP contribution in [0.3, 0.4) is 0 Å². The Hall–Kier alpha value is -1.95. The molecule has 1 unspecified atom stereocenters. The van der Waals surface area contributed by atoms with E-state index in [1.54, 1.807) is 29.2 Å². The van der Waals surface area contributed by atoms with Gasteiger partial charge in [0.15, 0.2) is 0 Å². The third-order valence-electron chi connectivity index (χ3n) is 4.28. The van der Waals surface area contributed by atoms with Crippen molar-refractivity contribution in [2.24, 2.45) is 11.7 Å². The first-order valence-corrected chi connectivity index (χ1v) is 7.69. The molecule has 1 saturated heterocycles. The molecule has 1 aliphatic heterocycles. The van der Waals surface area contributed by atoms with Gasteiger partial charge in [0, 0.05) is 35.8 Å². The van der Waals surface area contributed by atoms with E-state index in [-0.39, 0.29) is 25.1 Å². The number of benzene rings is 1. The highest BCUT2D eigenvalue weighted by Gasteiger charge is 2.42. The highest BCUT2D eigenvalue weighted by molar-refractivity contribution is 6.35. The lowest BCUT2D eigenvalue weighted by atomic mass is 9.95. The molecule has 0 saturated carbocycles.